The number of aromatic nitrogens is 3. The molecule has 10 nitrogen and oxygen atoms in total. The number of nitrogens with one attached hydrogen (secondary N) is 2. The third kappa shape index (κ3) is 5.45. The van der Waals surface area contributed by atoms with Crippen molar-refractivity contribution in [2.24, 2.45) is 0 Å². The van der Waals surface area contributed by atoms with Crippen molar-refractivity contribution in [2.75, 3.05) is 47.6 Å². The largest absolute Gasteiger partial charge is 0.392 e. The van der Waals surface area contributed by atoms with Gasteiger partial charge in [-0.1, -0.05) is 18.2 Å². The molecule has 1 aliphatic heterocycles. The van der Waals surface area contributed by atoms with Gasteiger partial charge in [0.15, 0.2) is 5.82 Å². The average molecular weight is 538 g/mol. The zero-order chi connectivity index (χ0) is 27.5. The number of nitrogens with two attached hydrogens (primary N) is 1. The van der Waals surface area contributed by atoms with E-state index in [9.17, 15) is 9.90 Å². The summed E-state index contributed by atoms with van der Waals surface area (Å²) in [5.41, 5.74) is 12.6. The zero-order valence-corrected chi connectivity index (χ0v) is 22.1. The number of benzene rings is 3. The lowest BCUT2D eigenvalue weighted by Crippen LogP contribution is -2.36. The first-order chi connectivity index (χ1) is 19.6. The Balaban J connectivity index is 1.23. The zero-order valence-electron chi connectivity index (χ0n) is 22.1. The number of aliphatic hydroxyl groups is 1. The van der Waals surface area contributed by atoms with Gasteiger partial charge in [-0.25, -0.2) is 0 Å². The van der Waals surface area contributed by atoms with E-state index in [-0.39, 0.29) is 30.2 Å². The van der Waals surface area contributed by atoms with Crippen molar-refractivity contribution < 1.29 is 14.6 Å². The van der Waals surface area contributed by atoms with Gasteiger partial charge in [0.05, 0.1) is 19.8 Å². The van der Waals surface area contributed by atoms with Crippen molar-refractivity contribution in [2.45, 2.75) is 25.9 Å². The van der Waals surface area contributed by atoms with Crippen LogP contribution in [0.1, 0.15) is 33.5 Å². The molecule has 2 aliphatic rings. The van der Waals surface area contributed by atoms with Gasteiger partial charge in [0.25, 0.3) is 5.91 Å². The highest BCUT2D eigenvalue weighted by atomic mass is 16.5. The molecule has 1 fully saturated rings. The van der Waals surface area contributed by atoms with Crippen molar-refractivity contribution in [1.82, 2.24) is 15.0 Å². The molecular formula is C30H31N7O3. The second-order valence-corrected chi connectivity index (χ2v) is 9.89. The van der Waals surface area contributed by atoms with Crippen molar-refractivity contribution in [3.8, 4) is 11.4 Å². The third-order valence-corrected chi connectivity index (χ3v) is 7.34. The molecule has 0 spiro atoms. The first-order valence-electron chi connectivity index (χ1n) is 13.4. The highest BCUT2D eigenvalue weighted by Gasteiger charge is 2.18. The molecule has 3 aromatic carbocycles. The fourth-order valence-electron chi connectivity index (χ4n) is 5.27. The Kier molecular flexibility index (Phi) is 7.26. The smallest absolute Gasteiger partial charge is 0.255 e. The van der Waals surface area contributed by atoms with Crippen LogP contribution in [-0.2, 0) is 24.2 Å². The molecule has 1 aliphatic carbocycles. The van der Waals surface area contributed by atoms with Gasteiger partial charge in [-0.15, -0.1) is 0 Å². The van der Waals surface area contributed by atoms with Gasteiger partial charge < -0.3 is 31.1 Å². The Morgan fingerprint density at radius 1 is 0.975 bits per heavy atom. The number of morpholine rings is 1. The summed E-state index contributed by atoms with van der Waals surface area (Å²) in [4.78, 5) is 28.5. The maximum Gasteiger partial charge on any atom is 0.255 e. The second kappa shape index (κ2) is 11.3. The summed E-state index contributed by atoms with van der Waals surface area (Å²) in [7, 11) is 0. The molecule has 1 aromatic heterocycles. The molecule has 0 bridgehead atoms. The maximum absolute atomic E-state index is 13.1. The van der Waals surface area contributed by atoms with Gasteiger partial charge >= 0.3 is 0 Å². The SMILES string of the molecule is Nc1nc(Nc2ccc(N3CCOCC3)cc2)nc(-c2cccc(NC(=O)c3ccc4c(c3)CCC4)c2CO)n1. The number of rotatable bonds is 7. The highest BCUT2D eigenvalue weighted by Crippen LogP contribution is 2.30. The first-order valence-corrected chi connectivity index (χ1v) is 13.4. The van der Waals surface area contributed by atoms with Crippen LogP contribution in [-0.4, -0.2) is 52.3 Å². The van der Waals surface area contributed by atoms with E-state index in [1.165, 1.54) is 11.1 Å². The van der Waals surface area contributed by atoms with Crippen LogP contribution in [0.4, 0.5) is 29.0 Å². The number of amides is 1. The summed E-state index contributed by atoms with van der Waals surface area (Å²) in [6.45, 7) is 2.84. The Morgan fingerprint density at radius 2 is 1.77 bits per heavy atom. The van der Waals surface area contributed by atoms with E-state index in [0.29, 0.717) is 22.4 Å². The van der Waals surface area contributed by atoms with E-state index in [2.05, 4.69) is 30.5 Å². The third-order valence-electron chi connectivity index (χ3n) is 7.34. The van der Waals surface area contributed by atoms with Crippen LogP contribution in [0.3, 0.4) is 0 Å². The minimum Gasteiger partial charge on any atom is -0.392 e. The number of anilines is 5. The second-order valence-electron chi connectivity index (χ2n) is 9.89. The van der Waals surface area contributed by atoms with Crippen LogP contribution >= 0.6 is 0 Å². The molecule has 6 rings (SSSR count). The van der Waals surface area contributed by atoms with Gasteiger partial charge in [0, 0.05) is 46.8 Å². The molecule has 40 heavy (non-hydrogen) atoms. The van der Waals surface area contributed by atoms with Crippen molar-refractivity contribution in [3.63, 3.8) is 0 Å². The van der Waals surface area contributed by atoms with Crippen LogP contribution in [0.15, 0.2) is 60.7 Å². The van der Waals surface area contributed by atoms with Gasteiger partial charge in [-0.05, 0) is 72.9 Å². The fraction of sp³-hybridized carbons (Fsp3) is 0.267. The van der Waals surface area contributed by atoms with Crippen molar-refractivity contribution >= 4 is 34.9 Å². The highest BCUT2D eigenvalue weighted by molar-refractivity contribution is 6.05. The summed E-state index contributed by atoms with van der Waals surface area (Å²) < 4.78 is 5.44. The fourth-order valence-corrected chi connectivity index (χ4v) is 5.27. The van der Waals surface area contributed by atoms with Gasteiger partial charge in [-0.3, -0.25) is 4.79 Å². The maximum atomic E-state index is 13.1. The van der Waals surface area contributed by atoms with Crippen LogP contribution < -0.4 is 21.3 Å². The number of nitrogen functional groups attached to an aromatic ring is 1. The summed E-state index contributed by atoms with van der Waals surface area (Å²) in [5.74, 6) is 0.365. The molecule has 1 saturated heterocycles. The van der Waals surface area contributed by atoms with Crippen LogP contribution in [0.5, 0.6) is 0 Å². The Labute approximate surface area is 232 Å². The summed E-state index contributed by atoms with van der Waals surface area (Å²) in [6, 6.07) is 19.1. The van der Waals surface area contributed by atoms with E-state index in [1.54, 1.807) is 18.2 Å². The van der Waals surface area contributed by atoms with Gasteiger partial charge in [-0.2, -0.15) is 15.0 Å². The van der Waals surface area contributed by atoms with Crippen LogP contribution in [0, 0.1) is 0 Å². The monoisotopic (exact) mass is 537 g/mol. The Hall–Kier alpha value is -4.54. The molecule has 0 atom stereocenters. The first kappa shape index (κ1) is 25.7. The van der Waals surface area contributed by atoms with Gasteiger partial charge in [0.1, 0.15) is 0 Å². The van der Waals surface area contributed by atoms with E-state index < -0.39 is 0 Å². The quantitative estimate of drug-likeness (QED) is 0.276. The number of carbonyl (C=O) groups is 1. The van der Waals surface area contributed by atoms with Crippen molar-refractivity contribution in [3.05, 3.63) is 82.9 Å². The lowest BCUT2D eigenvalue weighted by Gasteiger charge is -2.28. The standard InChI is InChI=1S/C30H31N7O3/c31-29-34-27(35-30(36-29)32-22-9-11-23(12-10-22)37-13-15-40-16-14-37)24-5-2-6-26(25(24)18-38)33-28(39)21-8-7-19-3-1-4-20(19)17-21/h2,5-12,17,38H,1,3-4,13-16,18H2,(H,33,39)(H3,31,32,34,35,36). The van der Waals surface area contributed by atoms with Crippen LogP contribution in [0.25, 0.3) is 11.4 Å². The van der Waals surface area contributed by atoms with Crippen LogP contribution in [0.2, 0.25) is 0 Å². The predicted molar refractivity (Wildman–Crippen MR) is 155 cm³/mol. The number of carbonyl (C=O) groups excluding carboxylic acids is 1. The molecule has 5 N–H and O–H groups in total. The number of nitrogens with zero attached hydrogens (tertiary/aromatic N) is 4. The minimum atomic E-state index is -0.326. The number of aliphatic hydroxyl groups excluding tert-OH is 1. The summed E-state index contributed by atoms with van der Waals surface area (Å²) in [5, 5.41) is 16.4. The molecule has 204 valence electrons. The van der Waals surface area contributed by atoms with Gasteiger partial charge in [0.2, 0.25) is 11.9 Å². The van der Waals surface area contributed by atoms with E-state index >= 15 is 0 Å². The number of fused-ring (bicyclic) bond motifs is 1. The lowest BCUT2D eigenvalue weighted by molar-refractivity contribution is 0.102. The molecular weight excluding hydrogens is 506 g/mol. The molecule has 0 radical (unpaired) electrons. The average Bonchev–Trinajstić information content (AvgIpc) is 3.46. The molecule has 0 saturated carbocycles. The summed E-state index contributed by atoms with van der Waals surface area (Å²) in [6.07, 6.45) is 3.16. The molecule has 1 amide bonds. The number of hydrogen-bond acceptors (Lipinski definition) is 9. The lowest BCUT2D eigenvalue weighted by atomic mass is 10.0. The molecule has 2 heterocycles. The molecule has 4 aromatic rings. The number of aryl methyl sites for hydroxylation is 2. The van der Waals surface area contributed by atoms with Crippen molar-refractivity contribution in [1.29, 1.82) is 0 Å². The topological polar surface area (TPSA) is 139 Å². The minimum absolute atomic E-state index is 0.0360. The normalized spacial score (nSPS) is 14.6. The summed E-state index contributed by atoms with van der Waals surface area (Å²) >= 11 is 0. The van der Waals surface area contributed by atoms with E-state index in [0.717, 1.165) is 56.9 Å². The Morgan fingerprint density at radius 3 is 2.58 bits per heavy atom. The van der Waals surface area contributed by atoms with E-state index in [1.807, 2.05) is 42.5 Å². The Bertz CT molecular complexity index is 1540. The molecule has 10 heteroatoms. The number of hydrogen-bond donors (Lipinski definition) is 4. The molecule has 0 unspecified atom stereocenters. The predicted octanol–water partition coefficient (Wildman–Crippen LogP) is 3.93. The number of ether oxygens (including phenoxy) is 1. The van der Waals surface area contributed by atoms with E-state index in [4.69, 9.17) is 10.5 Å².